The highest BCUT2D eigenvalue weighted by Crippen LogP contribution is 2.60. The maximum absolute atomic E-state index is 14.0. The number of likely N-dealkylation sites (tertiary alicyclic amines) is 1. The minimum atomic E-state index is -4.41. The highest BCUT2D eigenvalue weighted by atomic mass is 19.4. The first-order valence-corrected chi connectivity index (χ1v) is 11.2. The average Bonchev–Trinajstić information content (AvgIpc) is 2.69. The monoisotopic (exact) mass is 436 g/mol. The normalized spacial score (nSPS) is 35.9. The molecule has 1 aliphatic heterocycles. The lowest BCUT2D eigenvalue weighted by Gasteiger charge is -2.60. The van der Waals surface area contributed by atoms with E-state index in [-0.39, 0.29) is 35.6 Å². The topological polar surface area (TPSA) is 49.4 Å². The first-order valence-electron chi connectivity index (χ1n) is 11.2. The fraction of sp³-hybridized carbons (Fsp3) is 0.667. The van der Waals surface area contributed by atoms with Gasteiger partial charge in [0.1, 0.15) is 0 Å². The number of fused-ring (bicyclic) bond motifs is 3. The van der Waals surface area contributed by atoms with Crippen LogP contribution in [0.4, 0.5) is 18.9 Å². The summed E-state index contributed by atoms with van der Waals surface area (Å²) in [4.78, 5) is 27.3. The number of benzene rings is 1. The molecule has 2 saturated carbocycles. The molecule has 0 radical (unpaired) electrons. The van der Waals surface area contributed by atoms with Crippen LogP contribution in [-0.2, 0) is 9.59 Å². The third kappa shape index (κ3) is 3.85. The fourth-order valence-electron chi connectivity index (χ4n) is 6.84. The number of hydrogen-bond donors (Lipinski definition) is 1. The molecule has 1 aromatic carbocycles. The van der Waals surface area contributed by atoms with Gasteiger partial charge < -0.3 is 10.2 Å². The van der Waals surface area contributed by atoms with E-state index < -0.39 is 23.9 Å². The van der Waals surface area contributed by atoms with Crippen molar-refractivity contribution in [2.75, 3.05) is 12.4 Å². The van der Waals surface area contributed by atoms with E-state index in [1.165, 1.54) is 0 Å². The molecule has 5 unspecified atom stereocenters. The van der Waals surface area contributed by atoms with Gasteiger partial charge in [0, 0.05) is 25.2 Å². The molecule has 0 aromatic heterocycles. The minimum Gasteiger partial charge on any atom is -0.342 e. The molecule has 3 fully saturated rings. The molecular formula is C24H31F3N2O2. The maximum atomic E-state index is 14.0. The van der Waals surface area contributed by atoms with Crippen LogP contribution in [0.25, 0.3) is 0 Å². The Morgan fingerprint density at radius 2 is 1.94 bits per heavy atom. The predicted molar refractivity (Wildman–Crippen MR) is 112 cm³/mol. The molecule has 0 bridgehead atoms. The lowest BCUT2D eigenvalue weighted by Crippen LogP contribution is -2.62. The molecule has 2 amide bonds. The van der Waals surface area contributed by atoms with Gasteiger partial charge in [-0.05, 0) is 74.0 Å². The number of nitrogens with one attached hydrogen (secondary N) is 1. The van der Waals surface area contributed by atoms with E-state index in [9.17, 15) is 22.8 Å². The Balaban J connectivity index is 1.66. The van der Waals surface area contributed by atoms with Gasteiger partial charge in [-0.2, -0.15) is 13.2 Å². The number of nitrogens with zero attached hydrogens (tertiary/aromatic N) is 1. The molecule has 4 rings (SSSR count). The van der Waals surface area contributed by atoms with E-state index in [1.54, 1.807) is 23.1 Å². The molecule has 7 heteroatoms. The van der Waals surface area contributed by atoms with E-state index >= 15 is 0 Å². The Labute approximate surface area is 181 Å². The standard InChI is InChI=1S/C24H31F3N2O2/c1-14-5-4-6-15(13-14)28-22(31)21-16-7-10-19-23(2,12-11-20(30)29(19)3)17(16)8-9-18(21)24(25,26)27/h4-6,13,16-19,21H,7-12H2,1-3H3,(H,28,31)/t16?,17?,18?,19?,21?,23-/m1/s1. The smallest absolute Gasteiger partial charge is 0.342 e. The van der Waals surface area contributed by atoms with Gasteiger partial charge in [0.15, 0.2) is 0 Å². The molecule has 1 aromatic rings. The molecule has 3 aliphatic rings. The Kier molecular flexibility index (Phi) is 5.59. The fourth-order valence-corrected chi connectivity index (χ4v) is 6.84. The number of alkyl halides is 3. The van der Waals surface area contributed by atoms with Crippen molar-refractivity contribution in [3.8, 4) is 0 Å². The van der Waals surface area contributed by atoms with E-state index in [0.29, 0.717) is 37.8 Å². The molecule has 31 heavy (non-hydrogen) atoms. The Hall–Kier alpha value is -2.05. The summed E-state index contributed by atoms with van der Waals surface area (Å²) in [5.74, 6) is -3.45. The largest absolute Gasteiger partial charge is 0.392 e. The van der Waals surface area contributed by atoms with Gasteiger partial charge in [0.05, 0.1) is 11.8 Å². The van der Waals surface area contributed by atoms with Crippen molar-refractivity contribution < 1.29 is 22.8 Å². The molecular weight excluding hydrogens is 405 g/mol. The highest BCUT2D eigenvalue weighted by Gasteiger charge is 2.61. The van der Waals surface area contributed by atoms with Gasteiger partial charge in [-0.3, -0.25) is 9.59 Å². The van der Waals surface area contributed by atoms with Gasteiger partial charge in [-0.25, -0.2) is 0 Å². The number of aryl methyl sites for hydroxylation is 1. The summed E-state index contributed by atoms with van der Waals surface area (Å²) in [6.45, 7) is 4.01. The van der Waals surface area contributed by atoms with E-state index in [1.807, 2.05) is 20.0 Å². The van der Waals surface area contributed by atoms with Gasteiger partial charge in [0.25, 0.3) is 0 Å². The van der Waals surface area contributed by atoms with Crippen molar-refractivity contribution in [2.45, 2.75) is 64.6 Å². The first kappa shape index (κ1) is 22.2. The van der Waals surface area contributed by atoms with Crippen LogP contribution < -0.4 is 5.32 Å². The minimum absolute atomic E-state index is 0.00802. The molecule has 170 valence electrons. The van der Waals surface area contributed by atoms with E-state index in [0.717, 1.165) is 5.56 Å². The lowest BCUT2D eigenvalue weighted by atomic mass is 9.49. The number of piperidine rings is 1. The number of carbonyl (C=O) groups excluding carboxylic acids is 2. The highest BCUT2D eigenvalue weighted by molar-refractivity contribution is 5.93. The predicted octanol–water partition coefficient (Wildman–Crippen LogP) is 5.18. The van der Waals surface area contributed by atoms with E-state index in [2.05, 4.69) is 12.2 Å². The second kappa shape index (κ2) is 7.82. The van der Waals surface area contributed by atoms with Gasteiger partial charge in [0.2, 0.25) is 11.8 Å². The van der Waals surface area contributed by atoms with E-state index in [4.69, 9.17) is 0 Å². The van der Waals surface area contributed by atoms with Crippen LogP contribution >= 0.6 is 0 Å². The van der Waals surface area contributed by atoms with Crippen LogP contribution in [0.1, 0.15) is 51.0 Å². The number of halogens is 3. The van der Waals surface area contributed by atoms with Crippen molar-refractivity contribution in [2.24, 2.45) is 29.1 Å². The van der Waals surface area contributed by atoms with Gasteiger partial charge in [-0.15, -0.1) is 0 Å². The third-order valence-electron chi connectivity index (χ3n) is 8.33. The zero-order chi connectivity index (χ0) is 22.6. The number of hydrogen-bond acceptors (Lipinski definition) is 2. The van der Waals surface area contributed by atoms with Gasteiger partial charge in [-0.1, -0.05) is 19.1 Å². The second-order valence-corrected chi connectivity index (χ2v) is 9.98. The molecule has 2 aliphatic carbocycles. The SMILES string of the molecule is Cc1cccc(NC(=O)C2C3CCC4N(C)C(=O)CC[C@]4(C)C3CCC2C(F)(F)F)c1. The van der Waals surface area contributed by atoms with Crippen LogP contribution in [-0.4, -0.2) is 36.0 Å². The third-order valence-corrected chi connectivity index (χ3v) is 8.33. The molecule has 0 spiro atoms. The number of carbonyl (C=O) groups is 2. The Morgan fingerprint density at radius 3 is 2.61 bits per heavy atom. The Morgan fingerprint density at radius 1 is 1.19 bits per heavy atom. The summed E-state index contributed by atoms with van der Waals surface area (Å²) < 4.78 is 42.1. The zero-order valence-electron chi connectivity index (χ0n) is 18.3. The average molecular weight is 437 g/mol. The summed E-state index contributed by atoms with van der Waals surface area (Å²) in [6.07, 6.45) is -1.68. The first-order chi connectivity index (χ1) is 14.5. The Bertz CT molecular complexity index is 871. The summed E-state index contributed by atoms with van der Waals surface area (Å²) in [7, 11) is 1.81. The summed E-state index contributed by atoms with van der Waals surface area (Å²) >= 11 is 0. The van der Waals surface area contributed by atoms with Crippen LogP contribution in [0.2, 0.25) is 0 Å². The number of anilines is 1. The van der Waals surface area contributed by atoms with Crippen molar-refractivity contribution in [1.29, 1.82) is 0 Å². The summed E-state index contributed by atoms with van der Waals surface area (Å²) in [5.41, 5.74) is 1.23. The van der Waals surface area contributed by atoms with Crippen molar-refractivity contribution >= 4 is 17.5 Å². The summed E-state index contributed by atoms with van der Waals surface area (Å²) in [5, 5.41) is 2.78. The lowest BCUT2D eigenvalue weighted by molar-refractivity contribution is -0.219. The van der Waals surface area contributed by atoms with Crippen LogP contribution in [0.3, 0.4) is 0 Å². The number of rotatable bonds is 2. The molecule has 6 atom stereocenters. The molecule has 4 nitrogen and oxygen atoms in total. The number of amides is 2. The van der Waals surface area contributed by atoms with Crippen molar-refractivity contribution in [3.63, 3.8) is 0 Å². The quantitative estimate of drug-likeness (QED) is 0.695. The van der Waals surface area contributed by atoms with Crippen molar-refractivity contribution in [3.05, 3.63) is 29.8 Å². The van der Waals surface area contributed by atoms with Crippen LogP contribution in [0.5, 0.6) is 0 Å². The molecule has 1 N–H and O–H groups in total. The van der Waals surface area contributed by atoms with Crippen LogP contribution in [0, 0.1) is 36.0 Å². The summed E-state index contributed by atoms with van der Waals surface area (Å²) in [6, 6.07) is 7.21. The molecule has 1 heterocycles. The molecule has 1 saturated heterocycles. The zero-order valence-corrected chi connectivity index (χ0v) is 18.3. The van der Waals surface area contributed by atoms with Crippen molar-refractivity contribution in [1.82, 2.24) is 4.90 Å². The maximum Gasteiger partial charge on any atom is 0.392 e. The van der Waals surface area contributed by atoms with Gasteiger partial charge >= 0.3 is 6.18 Å². The van der Waals surface area contributed by atoms with Crippen LogP contribution in [0.15, 0.2) is 24.3 Å². The second-order valence-electron chi connectivity index (χ2n) is 9.98.